The van der Waals surface area contributed by atoms with E-state index in [2.05, 4.69) is 50.4 Å². The highest BCUT2D eigenvalue weighted by atomic mass is 15.1. The van der Waals surface area contributed by atoms with Gasteiger partial charge < -0.3 is 4.57 Å². The van der Waals surface area contributed by atoms with Crippen LogP contribution in [0.4, 0.5) is 0 Å². The maximum absolute atomic E-state index is 4.60. The summed E-state index contributed by atoms with van der Waals surface area (Å²) in [6.45, 7) is 12.0. The molecule has 0 aliphatic rings. The second-order valence-corrected chi connectivity index (χ2v) is 4.97. The Morgan fingerprint density at radius 3 is 2.43 bits per heavy atom. The van der Waals surface area contributed by atoms with Gasteiger partial charge in [-0.1, -0.05) is 34.1 Å². The molecule has 0 atom stereocenters. The lowest BCUT2D eigenvalue weighted by Gasteiger charge is -2.14. The number of rotatable bonds is 3. The molecule has 0 saturated heterocycles. The van der Waals surface area contributed by atoms with Crippen molar-refractivity contribution in [1.82, 2.24) is 9.55 Å². The molecule has 0 radical (unpaired) electrons. The van der Waals surface area contributed by atoms with Crippen molar-refractivity contribution >= 4 is 0 Å². The summed E-state index contributed by atoms with van der Waals surface area (Å²) in [6, 6.07) is 0. The summed E-state index contributed by atoms with van der Waals surface area (Å²) in [5, 5.41) is 0. The minimum Gasteiger partial charge on any atom is -0.335 e. The molecule has 0 spiro atoms. The first-order valence-electron chi connectivity index (χ1n) is 5.49. The number of imidazole rings is 1. The largest absolute Gasteiger partial charge is 0.335 e. The Hall–Kier alpha value is -0.790. The Morgan fingerprint density at radius 2 is 2.00 bits per heavy atom. The van der Waals surface area contributed by atoms with Crippen molar-refractivity contribution in [2.75, 3.05) is 0 Å². The molecule has 0 aliphatic carbocycles. The maximum atomic E-state index is 4.60. The molecule has 2 heteroatoms. The van der Waals surface area contributed by atoms with E-state index in [1.165, 1.54) is 18.5 Å². The molecule has 0 bridgehead atoms. The Labute approximate surface area is 87.4 Å². The quantitative estimate of drug-likeness (QED) is 0.722. The van der Waals surface area contributed by atoms with Crippen LogP contribution in [0.15, 0.2) is 6.20 Å². The van der Waals surface area contributed by atoms with Gasteiger partial charge in [-0.25, -0.2) is 4.98 Å². The third-order valence-electron chi connectivity index (χ3n) is 2.50. The lowest BCUT2D eigenvalue weighted by Crippen LogP contribution is -2.11. The van der Waals surface area contributed by atoms with Crippen LogP contribution in [0.25, 0.3) is 0 Å². The van der Waals surface area contributed by atoms with Gasteiger partial charge in [-0.05, 0) is 13.3 Å². The number of nitrogens with zero attached hydrogens (tertiary/aromatic N) is 2. The monoisotopic (exact) mass is 194 g/mol. The molecular formula is C12H22N2. The van der Waals surface area contributed by atoms with Crippen LogP contribution in [0, 0.1) is 6.92 Å². The topological polar surface area (TPSA) is 17.8 Å². The Bertz CT molecular complexity index is 292. The third kappa shape index (κ3) is 2.60. The average Bonchev–Trinajstić information content (AvgIpc) is 2.43. The highest BCUT2D eigenvalue weighted by Gasteiger charge is 2.17. The molecule has 1 aromatic rings. The van der Waals surface area contributed by atoms with Crippen LogP contribution in [0.5, 0.6) is 0 Å². The van der Waals surface area contributed by atoms with Gasteiger partial charge in [-0.15, -0.1) is 0 Å². The number of aryl methyl sites for hydroxylation is 2. The van der Waals surface area contributed by atoms with E-state index >= 15 is 0 Å². The van der Waals surface area contributed by atoms with Crippen LogP contribution in [-0.2, 0) is 12.0 Å². The molecule has 80 valence electrons. The standard InChI is InChI=1S/C12H22N2/c1-6-7-8-14-9-11(12(3,4)5)13-10(14)2/h9H,6-8H2,1-5H3. The number of hydrogen-bond donors (Lipinski definition) is 0. The van der Waals surface area contributed by atoms with E-state index in [-0.39, 0.29) is 5.41 Å². The lowest BCUT2D eigenvalue weighted by molar-refractivity contribution is 0.568. The zero-order valence-electron chi connectivity index (χ0n) is 10.1. The summed E-state index contributed by atoms with van der Waals surface area (Å²) in [6.07, 6.45) is 4.67. The summed E-state index contributed by atoms with van der Waals surface area (Å²) in [7, 11) is 0. The van der Waals surface area contributed by atoms with Crippen LogP contribution in [0.1, 0.15) is 52.1 Å². The van der Waals surface area contributed by atoms with Crippen LogP contribution in [0.3, 0.4) is 0 Å². The molecule has 1 aromatic heterocycles. The molecule has 14 heavy (non-hydrogen) atoms. The highest BCUT2D eigenvalue weighted by Crippen LogP contribution is 2.21. The van der Waals surface area contributed by atoms with E-state index in [0.717, 1.165) is 12.4 Å². The first-order valence-corrected chi connectivity index (χ1v) is 5.49. The molecule has 1 rings (SSSR count). The van der Waals surface area contributed by atoms with Gasteiger partial charge in [0, 0.05) is 18.2 Å². The maximum Gasteiger partial charge on any atom is 0.105 e. The van der Waals surface area contributed by atoms with Crippen molar-refractivity contribution in [3.8, 4) is 0 Å². The van der Waals surface area contributed by atoms with Gasteiger partial charge in [0.2, 0.25) is 0 Å². The first kappa shape index (κ1) is 11.3. The molecule has 0 aliphatic heterocycles. The molecule has 0 amide bonds. The van der Waals surface area contributed by atoms with E-state index in [0.29, 0.717) is 0 Å². The van der Waals surface area contributed by atoms with Gasteiger partial charge >= 0.3 is 0 Å². The molecule has 2 nitrogen and oxygen atoms in total. The van der Waals surface area contributed by atoms with E-state index in [4.69, 9.17) is 0 Å². The van der Waals surface area contributed by atoms with Crippen molar-refractivity contribution in [3.05, 3.63) is 17.7 Å². The molecule has 0 saturated carbocycles. The zero-order valence-corrected chi connectivity index (χ0v) is 10.1. The van der Waals surface area contributed by atoms with Gasteiger partial charge in [0.25, 0.3) is 0 Å². The van der Waals surface area contributed by atoms with E-state index in [1.54, 1.807) is 0 Å². The fourth-order valence-corrected chi connectivity index (χ4v) is 1.42. The Kier molecular flexibility index (Phi) is 3.35. The summed E-state index contributed by atoms with van der Waals surface area (Å²) in [5.74, 6) is 1.14. The first-order chi connectivity index (χ1) is 6.45. The minimum absolute atomic E-state index is 0.169. The van der Waals surface area contributed by atoms with Crippen molar-refractivity contribution in [3.63, 3.8) is 0 Å². The molecule has 1 heterocycles. The minimum atomic E-state index is 0.169. The number of aromatic nitrogens is 2. The predicted octanol–water partition coefficient (Wildman–Crippen LogP) is 3.29. The van der Waals surface area contributed by atoms with Crippen LogP contribution < -0.4 is 0 Å². The Morgan fingerprint density at radius 1 is 1.36 bits per heavy atom. The number of unbranched alkanes of at least 4 members (excludes halogenated alkanes) is 1. The van der Waals surface area contributed by atoms with Gasteiger partial charge in [-0.2, -0.15) is 0 Å². The van der Waals surface area contributed by atoms with Gasteiger partial charge in [0.15, 0.2) is 0 Å². The van der Waals surface area contributed by atoms with E-state index < -0.39 is 0 Å². The lowest BCUT2D eigenvalue weighted by atomic mass is 9.93. The van der Waals surface area contributed by atoms with Gasteiger partial charge in [0.1, 0.15) is 5.82 Å². The van der Waals surface area contributed by atoms with Crippen molar-refractivity contribution in [2.45, 2.75) is 59.4 Å². The predicted molar refractivity (Wildman–Crippen MR) is 60.6 cm³/mol. The highest BCUT2D eigenvalue weighted by molar-refractivity contribution is 5.12. The van der Waals surface area contributed by atoms with Crippen molar-refractivity contribution in [2.24, 2.45) is 0 Å². The van der Waals surface area contributed by atoms with Crippen LogP contribution in [-0.4, -0.2) is 9.55 Å². The Balaban J connectivity index is 2.82. The normalized spacial score (nSPS) is 12.1. The fraction of sp³-hybridized carbons (Fsp3) is 0.750. The van der Waals surface area contributed by atoms with E-state index in [9.17, 15) is 0 Å². The number of hydrogen-bond acceptors (Lipinski definition) is 1. The second-order valence-electron chi connectivity index (χ2n) is 4.97. The SMILES string of the molecule is CCCCn1cc(C(C)(C)C)nc1C. The average molecular weight is 194 g/mol. The van der Waals surface area contributed by atoms with Gasteiger partial charge in [0.05, 0.1) is 5.69 Å². The molecule has 0 fully saturated rings. The molecule has 0 N–H and O–H groups in total. The smallest absolute Gasteiger partial charge is 0.105 e. The molecule has 0 aromatic carbocycles. The van der Waals surface area contributed by atoms with Gasteiger partial charge in [-0.3, -0.25) is 0 Å². The van der Waals surface area contributed by atoms with Crippen LogP contribution in [0.2, 0.25) is 0 Å². The van der Waals surface area contributed by atoms with E-state index in [1.807, 2.05) is 0 Å². The molecular weight excluding hydrogens is 172 g/mol. The summed E-state index contributed by atoms with van der Waals surface area (Å²) < 4.78 is 2.27. The third-order valence-corrected chi connectivity index (χ3v) is 2.50. The van der Waals surface area contributed by atoms with Crippen LogP contribution >= 0.6 is 0 Å². The second kappa shape index (κ2) is 4.16. The summed E-state index contributed by atoms with van der Waals surface area (Å²) in [4.78, 5) is 4.60. The molecule has 0 unspecified atom stereocenters. The van der Waals surface area contributed by atoms with Crippen molar-refractivity contribution < 1.29 is 0 Å². The zero-order chi connectivity index (χ0) is 10.8. The summed E-state index contributed by atoms with van der Waals surface area (Å²) >= 11 is 0. The summed E-state index contributed by atoms with van der Waals surface area (Å²) in [5.41, 5.74) is 1.37. The van der Waals surface area contributed by atoms with Crippen molar-refractivity contribution in [1.29, 1.82) is 0 Å². The fourth-order valence-electron chi connectivity index (χ4n) is 1.42.